The van der Waals surface area contributed by atoms with Crippen molar-refractivity contribution < 1.29 is 121 Å². The molecule has 0 spiro atoms. The maximum atomic E-state index is 13.1. The summed E-state index contributed by atoms with van der Waals surface area (Å²) in [4.78, 5) is 175. The molecule has 4 heterocycles. The summed E-state index contributed by atoms with van der Waals surface area (Å²) < 4.78 is 36.5. The van der Waals surface area contributed by atoms with E-state index in [2.05, 4.69) is 75.7 Å². The Hall–Kier alpha value is -11.6. The normalized spacial score (nSPS) is 19.1. The smallest absolute Gasteiger partial charge is 0.354 e. The zero-order chi connectivity index (χ0) is 100.0. The van der Waals surface area contributed by atoms with E-state index in [1.165, 1.54) is 45.0 Å². The molecule has 2 aliphatic heterocycles. The Balaban J connectivity index is 0.000000336. The number of aliphatic hydroxyl groups excluding tert-OH is 5. The van der Waals surface area contributed by atoms with Gasteiger partial charge in [0.15, 0.2) is 12.2 Å². The van der Waals surface area contributed by atoms with Gasteiger partial charge >= 0.3 is 53.7 Å². The molecule has 33 heteroatoms. The number of fused-ring (bicyclic) bond motifs is 2. The van der Waals surface area contributed by atoms with Gasteiger partial charge in [0, 0.05) is 104 Å². The third kappa shape index (κ3) is 34.8. The quantitative estimate of drug-likeness (QED) is 0.00327. The third-order valence-electron chi connectivity index (χ3n) is 25.6. The molecular weight excluding hydrogens is 1760 g/mol. The van der Waals surface area contributed by atoms with Crippen molar-refractivity contribution in [2.75, 3.05) is 63.0 Å². The second-order valence-electron chi connectivity index (χ2n) is 35.6. The van der Waals surface area contributed by atoms with E-state index in [0.29, 0.717) is 175 Å². The Labute approximate surface area is 802 Å². The summed E-state index contributed by atoms with van der Waals surface area (Å²) in [6.07, 6.45) is 15.2. The second kappa shape index (κ2) is 56.3. The number of carbonyl (C=O) groups excluding carboxylic acids is 13. The third-order valence-corrected chi connectivity index (χ3v) is 25.6. The molecule has 2 aliphatic carbocycles. The predicted octanol–water partition coefficient (Wildman–Crippen LogP) is 13.2. The Morgan fingerprint density at radius 1 is 0.489 bits per heavy atom. The van der Waals surface area contributed by atoms with Crippen LogP contribution >= 0.6 is 0 Å². The Morgan fingerprint density at radius 2 is 0.920 bits per heavy atom. The van der Waals surface area contributed by atoms with Crippen LogP contribution in [0.15, 0.2) is 91.0 Å². The number of hydrogen-bond donors (Lipinski definition) is 11. The Bertz CT molecular complexity index is 5060. The van der Waals surface area contributed by atoms with E-state index < -0.39 is 115 Å². The monoisotopic (exact) mass is 1900 g/mol. The molecular formula is C104H142N8O25. The number of benzene rings is 3. The van der Waals surface area contributed by atoms with Crippen LogP contribution in [0.4, 0.5) is 11.4 Å². The average Bonchev–Trinajstić information content (AvgIpc) is 1.63. The number of esters is 9. The number of likely N-dealkylation sites (N-methyl/N-ethyl adjacent to an activating group) is 2. The summed E-state index contributed by atoms with van der Waals surface area (Å²) in [6.45, 7) is 27.4. The molecule has 11 N–H and O–H groups in total. The molecule has 2 fully saturated rings. The second-order valence-corrected chi connectivity index (χ2v) is 35.6. The molecule has 4 aliphatic rings. The van der Waals surface area contributed by atoms with Crippen LogP contribution < -0.4 is 30.7 Å². The minimum Gasteiger partial charge on any atom is -0.462 e. The van der Waals surface area contributed by atoms with Crippen LogP contribution in [0.3, 0.4) is 0 Å². The van der Waals surface area contributed by atoms with Gasteiger partial charge in [0.1, 0.15) is 17.6 Å². The minimum atomic E-state index is -1.42. The first-order valence-electron chi connectivity index (χ1n) is 48.5. The van der Waals surface area contributed by atoms with Crippen molar-refractivity contribution in [3.8, 4) is 11.5 Å². The number of ether oxygens (including phenoxy) is 7. The molecule has 33 nitrogen and oxygen atoms in total. The van der Waals surface area contributed by atoms with Gasteiger partial charge in [0.2, 0.25) is 0 Å². The van der Waals surface area contributed by atoms with Crippen LogP contribution in [-0.4, -0.2) is 224 Å². The highest BCUT2D eigenvalue weighted by Gasteiger charge is 2.44. The molecule has 2 unspecified atom stereocenters. The van der Waals surface area contributed by atoms with E-state index >= 15 is 0 Å². The average molecular weight is 1900 g/mol. The lowest BCUT2D eigenvalue weighted by molar-refractivity contribution is -0.173. The molecule has 2 aromatic heterocycles. The number of unbranched alkanes of at least 4 members (excludes halogenated alkanes) is 5. The largest absolute Gasteiger partial charge is 0.462 e. The molecule has 9 rings (SSSR count). The maximum absolute atomic E-state index is 13.1. The summed E-state index contributed by atoms with van der Waals surface area (Å²) in [5.74, 6) is -8.87. The number of amides is 4. The number of hydrogen-bond acceptors (Lipinski definition) is 27. The lowest BCUT2D eigenvalue weighted by Gasteiger charge is -2.25. The van der Waals surface area contributed by atoms with Crippen LogP contribution in [0.5, 0.6) is 11.5 Å². The number of aromatic nitrogens is 2. The fraction of sp³-hybridized carbons (Fsp3) is 0.548. The number of anilines is 2. The fourth-order valence-electron chi connectivity index (χ4n) is 17.8. The van der Waals surface area contributed by atoms with Crippen molar-refractivity contribution in [3.05, 3.63) is 153 Å². The number of rotatable bonds is 53. The van der Waals surface area contributed by atoms with E-state index in [0.717, 1.165) is 83.4 Å². The van der Waals surface area contributed by atoms with Gasteiger partial charge in [-0.2, -0.15) is 0 Å². The fourth-order valence-corrected chi connectivity index (χ4v) is 17.8. The molecule has 748 valence electrons. The highest BCUT2D eigenvalue weighted by molar-refractivity contribution is 6.36. The predicted molar refractivity (Wildman–Crippen MR) is 516 cm³/mol. The van der Waals surface area contributed by atoms with E-state index in [1.807, 2.05) is 54.6 Å². The summed E-state index contributed by atoms with van der Waals surface area (Å²) in [5.41, 5.74) is 8.51. The first-order valence-corrected chi connectivity index (χ1v) is 48.5. The first kappa shape index (κ1) is 111. The van der Waals surface area contributed by atoms with Crippen molar-refractivity contribution in [2.24, 2.45) is 23.7 Å². The molecule has 12 atom stereocenters. The lowest BCUT2D eigenvalue weighted by atomic mass is 9.85. The topological polar surface area (TPSA) is 474 Å². The van der Waals surface area contributed by atoms with Crippen molar-refractivity contribution in [3.63, 3.8) is 0 Å². The number of aliphatic hydroxyl groups is 5. The number of allylic oxidation sites excluding steroid dienone is 4. The van der Waals surface area contributed by atoms with Gasteiger partial charge < -0.3 is 99.7 Å². The molecule has 5 aromatic rings. The summed E-state index contributed by atoms with van der Waals surface area (Å²) in [6, 6.07) is 19.2. The van der Waals surface area contributed by atoms with Crippen LogP contribution in [0.1, 0.15) is 281 Å². The molecule has 3 aromatic carbocycles. The molecule has 0 bridgehead atoms. The number of carbonyl (C=O) groups is 13. The molecule has 4 amide bonds. The Kier molecular flexibility index (Phi) is 45.5. The van der Waals surface area contributed by atoms with Crippen molar-refractivity contribution >= 4 is 112 Å². The number of nitrogens with one attached hydrogen (secondary N) is 6. The van der Waals surface area contributed by atoms with Crippen LogP contribution in [0.2, 0.25) is 0 Å². The summed E-state index contributed by atoms with van der Waals surface area (Å²) >= 11 is 0. The first-order chi connectivity index (χ1) is 65.5. The number of aryl methyl sites for hydroxylation is 3. The number of nitrogens with zero attached hydrogens (tertiary/aromatic N) is 2. The van der Waals surface area contributed by atoms with Crippen molar-refractivity contribution in [2.45, 2.75) is 292 Å². The number of H-pyrrole nitrogens is 2. The lowest BCUT2D eigenvalue weighted by Crippen LogP contribution is -2.35. The highest BCUT2D eigenvalue weighted by Crippen LogP contribution is 2.43. The van der Waals surface area contributed by atoms with Gasteiger partial charge in [-0.05, 0) is 241 Å². The van der Waals surface area contributed by atoms with Gasteiger partial charge in [0.05, 0.1) is 78.5 Å². The summed E-state index contributed by atoms with van der Waals surface area (Å²) in [7, 11) is 0. The zero-order valence-corrected chi connectivity index (χ0v) is 81.4. The van der Waals surface area contributed by atoms with E-state index in [-0.39, 0.29) is 84.5 Å². The van der Waals surface area contributed by atoms with Crippen molar-refractivity contribution in [1.82, 2.24) is 30.4 Å². The van der Waals surface area contributed by atoms with E-state index in [9.17, 15) is 87.9 Å². The Morgan fingerprint density at radius 3 is 1.37 bits per heavy atom. The van der Waals surface area contributed by atoms with Crippen LogP contribution in [-0.2, 0) is 82.8 Å². The standard InChI is InChI=1S/C52H74N4O13.C52H68N4O12/c1-8-11-12-15-18-36(58)21-23-38-39(45(31-44(38)59)67-35(7)57)19-16-13-14-17-20-46(60)69-52(65)34(6)66-47(61)25-26-48(62)68-37-22-24-42-40(29-37)41(50(63)55-42)30-43-32(4)49(33(5)54-43)51(64)53-27-28-56(9-2)10-3;1-6-56(7-2)28-27-53-51(64)49-32(3)43(54-33(49)4)30-41-40-29-37(22-24-42(40)55-50(41)63)67-48(62)26-25-47(61)66-34(5)52(65)68-46(60)18-14-9-8-13-17-38-39(45(59)31-44(38)58)23-21-36(57)20-19-35-15-11-10-12-16-35/h13,16,22,24,29-30,34,36,38-39,44-45,54,58-59H,8-12,14-15,17-21,23,25-28,31H2,1-7H3,(H,53,64)(H,55,63);8,10-13,15-16,22,24,29-30,34,36,38-39,44-45,54,57-59H,6-7,9,14,17-21,23,25-28,31H2,1-5H3,(H,53,64)(H,55,63)/b16-13-,41-30-;13-8-,41-30-/t34?,36-,38+,39+,44+,45-;34?,36-,38+,39+,44-,45+/m11/s1. The molecule has 0 radical (unpaired) electrons. The number of aromatic amines is 2. The molecule has 2 saturated carbocycles. The maximum Gasteiger partial charge on any atom is 0.354 e. The van der Waals surface area contributed by atoms with Crippen LogP contribution in [0, 0.1) is 51.4 Å². The van der Waals surface area contributed by atoms with E-state index in [1.54, 1.807) is 52.0 Å². The van der Waals surface area contributed by atoms with Gasteiger partial charge in [0.25, 0.3) is 23.6 Å². The van der Waals surface area contributed by atoms with Gasteiger partial charge in [-0.1, -0.05) is 115 Å². The molecule has 0 saturated heterocycles. The zero-order valence-electron chi connectivity index (χ0n) is 81.4. The van der Waals surface area contributed by atoms with Gasteiger partial charge in [-0.15, -0.1) is 0 Å². The minimum absolute atomic E-state index is 0.0659. The van der Waals surface area contributed by atoms with Gasteiger partial charge in [-0.3, -0.25) is 52.7 Å². The van der Waals surface area contributed by atoms with Crippen LogP contribution in [0.25, 0.3) is 23.3 Å². The highest BCUT2D eigenvalue weighted by atomic mass is 16.6. The van der Waals surface area contributed by atoms with E-state index in [4.69, 9.17) is 33.2 Å². The molecule has 137 heavy (non-hydrogen) atoms. The van der Waals surface area contributed by atoms with Crippen molar-refractivity contribution in [1.29, 1.82) is 0 Å². The summed E-state index contributed by atoms with van der Waals surface area (Å²) in [5, 5.41) is 64.7. The SMILES string of the molecule is CCCCCC[C@@H](O)CC[C@H]1[C@H](C/C=C\CCCC(=O)OC(=O)C(C)OC(=O)CCC(=O)Oc2ccc3c(c2)/C(=C/c2[nH]c(C)c(C(=O)NCCN(CC)CC)c2C)C(=O)N3)[C@H](OC(C)=O)C[C@@H]1O.CCN(CC)CCNC(=O)c1c(C)[nH]c(/C=C2\C(=O)Nc3ccc(OC(=O)CCC(=O)OC(C)C(=O)OC(=O)CCC/C=C\C[C@H]4[C@H](CC[C@H](O)CCc5ccccc5)[C@@H](O)C[C@H]4O)cc32)c1C. The van der Waals surface area contributed by atoms with Gasteiger partial charge in [-0.25, -0.2) is 9.59 Å².